The summed E-state index contributed by atoms with van der Waals surface area (Å²) in [6.45, 7) is 1.44. The number of aliphatic hydroxyl groups is 1. The largest absolute Gasteiger partial charge is 0.508 e. The van der Waals surface area contributed by atoms with Gasteiger partial charge in [-0.2, -0.15) is 0 Å². The molecule has 2 saturated heterocycles. The third-order valence-corrected chi connectivity index (χ3v) is 6.79. The first-order valence-electron chi connectivity index (χ1n) is 9.02. The molecule has 2 aliphatic heterocycles. The van der Waals surface area contributed by atoms with Crippen LogP contribution in [0.4, 0.5) is 0 Å². The summed E-state index contributed by atoms with van der Waals surface area (Å²) in [7, 11) is 0. The lowest BCUT2D eigenvalue weighted by Gasteiger charge is -2.53. The lowest BCUT2D eigenvalue weighted by Crippen LogP contribution is -2.73. The number of nitrogens with one attached hydrogen (secondary N) is 1. The van der Waals surface area contributed by atoms with Gasteiger partial charge in [0.05, 0.1) is 6.61 Å². The minimum atomic E-state index is -1.14. The van der Waals surface area contributed by atoms with Gasteiger partial charge in [-0.25, -0.2) is 0 Å². The Labute approximate surface area is 171 Å². The highest BCUT2D eigenvalue weighted by Gasteiger charge is 2.56. The van der Waals surface area contributed by atoms with Gasteiger partial charge in [-0.1, -0.05) is 24.3 Å². The highest BCUT2D eigenvalue weighted by Crippen LogP contribution is 2.43. The number of hydrogen-bond acceptors (Lipinski definition) is 7. The number of phenols is 1. The Morgan fingerprint density at radius 2 is 2.21 bits per heavy atom. The Bertz CT molecular complexity index is 876. The first kappa shape index (κ1) is 21.2. The summed E-state index contributed by atoms with van der Waals surface area (Å²) >= 11 is 1.31. The Balaban J connectivity index is 1.67. The number of amides is 2. The highest BCUT2D eigenvalue weighted by atomic mass is 32.2. The zero-order valence-corrected chi connectivity index (χ0v) is 16.6. The first-order valence-corrected chi connectivity index (χ1v) is 10.1. The maximum Gasteiger partial charge on any atom is 0.316 e. The number of benzene rings is 1. The lowest BCUT2D eigenvalue weighted by atomic mass is 9.86. The summed E-state index contributed by atoms with van der Waals surface area (Å²) < 4.78 is 0. The van der Waals surface area contributed by atoms with Crippen LogP contribution in [0.1, 0.15) is 24.1 Å². The molecule has 2 heterocycles. The number of aliphatic carboxylic acids is 1. The van der Waals surface area contributed by atoms with Crippen LogP contribution in [0.25, 0.3) is 0 Å². The second-order valence-corrected chi connectivity index (χ2v) is 8.24. The molecule has 0 aliphatic carbocycles. The van der Waals surface area contributed by atoms with E-state index >= 15 is 0 Å². The second-order valence-electron chi connectivity index (χ2n) is 7.14. The van der Waals surface area contributed by atoms with E-state index in [1.807, 2.05) is 0 Å². The Kier molecular flexibility index (Phi) is 5.87. The molecule has 1 aromatic carbocycles. The van der Waals surface area contributed by atoms with Crippen LogP contribution < -0.4 is 11.1 Å². The van der Waals surface area contributed by atoms with Gasteiger partial charge < -0.3 is 31.3 Å². The van der Waals surface area contributed by atoms with E-state index in [0.29, 0.717) is 11.1 Å². The third kappa shape index (κ3) is 3.70. The number of aromatic hydroxyl groups is 1. The summed E-state index contributed by atoms with van der Waals surface area (Å²) in [5.74, 6) is -1.80. The minimum Gasteiger partial charge on any atom is -0.508 e. The summed E-state index contributed by atoms with van der Waals surface area (Å²) in [4.78, 5) is 38.2. The number of carbonyl (C=O) groups is 3. The molecule has 156 valence electrons. The number of nitrogens with two attached hydrogens (primary N) is 1. The SMILES string of the molecule is CC=CC1(C(=O)O)CS[C@@H]2C(NC(=O)C(N)c3ccc(CO)c(O)c3)C(=O)N2C1. The van der Waals surface area contributed by atoms with Crippen LogP contribution in [0.5, 0.6) is 5.75 Å². The van der Waals surface area contributed by atoms with E-state index in [2.05, 4.69) is 5.32 Å². The van der Waals surface area contributed by atoms with Crippen LogP contribution in [-0.4, -0.2) is 61.7 Å². The molecule has 4 atom stereocenters. The number of aliphatic hydroxyl groups excluding tert-OH is 1. The predicted octanol–water partition coefficient (Wildman–Crippen LogP) is -0.0687. The first-order chi connectivity index (χ1) is 13.7. The van der Waals surface area contributed by atoms with E-state index in [-0.39, 0.29) is 35.9 Å². The Morgan fingerprint density at radius 3 is 2.79 bits per heavy atom. The average Bonchev–Trinajstić information content (AvgIpc) is 2.71. The predicted molar refractivity (Wildman–Crippen MR) is 106 cm³/mol. The Morgan fingerprint density at radius 1 is 1.48 bits per heavy atom. The van der Waals surface area contributed by atoms with Crippen LogP contribution in [-0.2, 0) is 21.0 Å². The molecule has 2 aliphatic rings. The van der Waals surface area contributed by atoms with Crippen LogP contribution in [0.3, 0.4) is 0 Å². The molecule has 0 aromatic heterocycles. The summed E-state index contributed by atoms with van der Waals surface area (Å²) in [5.41, 5.74) is 5.48. The van der Waals surface area contributed by atoms with E-state index in [9.17, 15) is 24.6 Å². The number of carboxylic acids is 1. The summed E-state index contributed by atoms with van der Waals surface area (Å²) in [6, 6.07) is 2.42. The van der Waals surface area contributed by atoms with Crippen LogP contribution in [0.2, 0.25) is 0 Å². The molecule has 1 aromatic rings. The van der Waals surface area contributed by atoms with E-state index in [1.54, 1.807) is 19.1 Å². The van der Waals surface area contributed by atoms with Crippen LogP contribution in [0, 0.1) is 5.41 Å². The van der Waals surface area contributed by atoms with Crippen molar-refractivity contribution in [3.63, 3.8) is 0 Å². The fourth-order valence-corrected chi connectivity index (χ4v) is 5.03. The fourth-order valence-electron chi connectivity index (χ4n) is 3.52. The molecule has 0 bridgehead atoms. The number of carboxylic acid groups (broad SMARTS) is 1. The fraction of sp³-hybridized carbons (Fsp3) is 0.421. The lowest BCUT2D eigenvalue weighted by molar-refractivity contribution is -0.156. The van der Waals surface area contributed by atoms with E-state index in [1.165, 1.54) is 34.9 Å². The molecule has 6 N–H and O–H groups in total. The molecule has 0 radical (unpaired) electrons. The molecule has 3 rings (SSSR count). The highest BCUT2D eigenvalue weighted by molar-refractivity contribution is 8.00. The number of β-lactam (4-membered cyclic amide) rings is 1. The quantitative estimate of drug-likeness (QED) is 0.316. The third-order valence-electron chi connectivity index (χ3n) is 5.24. The number of rotatable bonds is 6. The van der Waals surface area contributed by atoms with Crippen molar-refractivity contribution in [1.82, 2.24) is 10.2 Å². The van der Waals surface area contributed by atoms with Gasteiger partial charge in [-0.05, 0) is 18.6 Å². The van der Waals surface area contributed by atoms with Crippen molar-refractivity contribution in [2.24, 2.45) is 11.1 Å². The van der Waals surface area contributed by atoms with Gasteiger partial charge in [0.15, 0.2) is 0 Å². The van der Waals surface area contributed by atoms with Gasteiger partial charge in [-0.3, -0.25) is 14.4 Å². The van der Waals surface area contributed by atoms with Crippen molar-refractivity contribution in [3.05, 3.63) is 41.5 Å². The van der Waals surface area contributed by atoms with Gasteiger partial charge in [0.2, 0.25) is 11.8 Å². The van der Waals surface area contributed by atoms with Crippen LogP contribution >= 0.6 is 11.8 Å². The number of hydrogen-bond donors (Lipinski definition) is 5. The molecule has 3 unspecified atom stereocenters. The molecule has 10 heteroatoms. The molecule has 9 nitrogen and oxygen atoms in total. The number of carbonyl (C=O) groups excluding carboxylic acids is 2. The molecular weight excluding hydrogens is 398 g/mol. The van der Waals surface area contributed by atoms with Gasteiger partial charge in [-0.15, -0.1) is 11.8 Å². The second kappa shape index (κ2) is 8.05. The number of allylic oxidation sites excluding steroid dienone is 1. The maximum absolute atomic E-state index is 12.5. The molecule has 29 heavy (non-hydrogen) atoms. The smallest absolute Gasteiger partial charge is 0.316 e. The average molecular weight is 421 g/mol. The molecule has 0 spiro atoms. The van der Waals surface area contributed by atoms with Gasteiger partial charge in [0.1, 0.15) is 28.6 Å². The molecular formula is C19H23N3O6S. The van der Waals surface area contributed by atoms with Gasteiger partial charge >= 0.3 is 5.97 Å². The number of nitrogens with zero attached hydrogens (tertiary/aromatic N) is 1. The minimum absolute atomic E-state index is 0.0537. The summed E-state index contributed by atoms with van der Waals surface area (Å²) in [5, 5.41) is 30.8. The van der Waals surface area contributed by atoms with Crippen molar-refractivity contribution in [3.8, 4) is 5.75 Å². The van der Waals surface area contributed by atoms with Crippen molar-refractivity contribution < 1.29 is 29.7 Å². The Hall–Kier alpha value is -2.56. The van der Waals surface area contributed by atoms with E-state index < -0.39 is 29.4 Å². The molecule has 2 amide bonds. The maximum atomic E-state index is 12.5. The monoisotopic (exact) mass is 421 g/mol. The normalized spacial score (nSPS) is 27.3. The van der Waals surface area contributed by atoms with Crippen molar-refractivity contribution in [1.29, 1.82) is 0 Å². The standard InChI is InChI=1S/C19H23N3O6S/c1-2-5-19(18(27)28)8-22-16(26)14(17(22)29-9-19)21-15(25)13(20)10-3-4-11(7-23)12(24)6-10/h2-6,13-14,17,23-24H,7-9,20H2,1H3,(H,21,25)(H,27,28)/t13?,14?,17-,19?/m1/s1. The van der Waals surface area contributed by atoms with Crippen molar-refractivity contribution in [2.75, 3.05) is 12.3 Å². The van der Waals surface area contributed by atoms with E-state index in [0.717, 1.165) is 0 Å². The van der Waals surface area contributed by atoms with Crippen LogP contribution in [0.15, 0.2) is 30.4 Å². The van der Waals surface area contributed by atoms with E-state index in [4.69, 9.17) is 10.8 Å². The van der Waals surface area contributed by atoms with Crippen molar-refractivity contribution >= 4 is 29.5 Å². The molecule has 0 saturated carbocycles. The number of fused-ring (bicyclic) bond motifs is 1. The summed E-state index contributed by atoms with van der Waals surface area (Å²) in [6.07, 6.45) is 3.26. The van der Waals surface area contributed by atoms with Gasteiger partial charge in [0, 0.05) is 17.9 Å². The number of thioether (sulfide) groups is 1. The topological polar surface area (TPSA) is 153 Å². The zero-order chi connectivity index (χ0) is 21.3. The van der Waals surface area contributed by atoms with Gasteiger partial charge in [0.25, 0.3) is 0 Å². The zero-order valence-electron chi connectivity index (χ0n) is 15.7. The molecule has 2 fully saturated rings. The van der Waals surface area contributed by atoms with Crippen molar-refractivity contribution in [2.45, 2.75) is 31.0 Å².